The lowest BCUT2D eigenvalue weighted by molar-refractivity contribution is 0.0691. The lowest BCUT2D eigenvalue weighted by Crippen LogP contribution is -2.30. The molecule has 2 aromatic carbocycles. The standard InChI is InChI=1S/C17H16O4/c1-10-14-13(9-8-12(18)15(14)16(19)20)21-17(10,2)11-6-4-3-5-7-11/h3-10,18H,1-2H3,(H,19,20). The zero-order chi connectivity index (χ0) is 15.2. The van der Waals surface area contributed by atoms with Gasteiger partial charge in [-0.25, -0.2) is 4.79 Å². The number of carboxylic acid groups (broad SMARTS) is 1. The number of aromatic carboxylic acids is 1. The minimum atomic E-state index is -1.14. The van der Waals surface area contributed by atoms with Crippen LogP contribution in [-0.4, -0.2) is 16.2 Å². The summed E-state index contributed by atoms with van der Waals surface area (Å²) in [7, 11) is 0. The second-order valence-corrected chi connectivity index (χ2v) is 5.47. The highest BCUT2D eigenvalue weighted by molar-refractivity contribution is 5.94. The highest BCUT2D eigenvalue weighted by Crippen LogP contribution is 2.52. The minimum absolute atomic E-state index is 0.0698. The molecule has 108 valence electrons. The summed E-state index contributed by atoms with van der Waals surface area (Å²) in [6, 6.07) is 12.7. The van der Waals surface area contributed by atoms with Gasteiger partial charge < -0.3 is 14.9 Å². The van der Waals surface area contributed by atoms with E-state index in [1.807, 2.05) is 44.2 Å². The summed E-state index contributed by atoms with van der Waals surface area (Å²) in [6.07, 6.45) is 0. The fourth-order valence-electron chi connectivity index (χ4n) is 3.00. The Morgan fingerprint density at radius 3 is 2.48 bits per heavy atom. The van der Waals surface area contributed by atoms with Crippen LogP contribution < -0.4 is 4.74 Å². The number of fused-ring (bicyclic) bond motifs is 1. The van der Waals surface area contributed by atoms with Crippen molar-refractivity contribution in [3.8, 4) is 11.5 Å². The van der Waals surface area contributed by atoms with E-state index in [1.165, 1.54) is 6.07 Å². The predicted molar refractivity (Wildman–Crippen MR) is 77.9 cm³/mol. The van der Waals surface area contributed by atoms with Crippen LogP contribution in [0.15, 0.2) is 42.5 Å². The first-order chi connectivity index (χ1) is 9.95. The van der Waals surface area contributed by atoms with Crippen molar-refractivity contribution in [3.05, 3.63) is 59.2 Å². The molecule has 1 heterocycles. The Bertz CT molecular complexity index is 708. The molecule has 0 bridgehead atoms. The monoisotopic (exact) mass is 284 g/mol. The molecule has 0 fully saturated rings. The number of aromatic hydroxyl groups is 1. The van der Waals surface area contributed by atoms with E-state index in [-0.39, 0.29) is 17.2 Å². The van der Waals surface area contributed by atoms with Crippen LogP contribution in [0.2, 0.25) is 0 Å². The van der Waals surface area contributed by atoms with Crippen LogP contribution in [0.4, 0.5) is 0 Å². The highest BCUT2D eigenvalue weighted by atomic mass is 16.5. The number of rotatable bonds is 2. The van der Waals surface area contributed by atoms with E-state index in [9.17, 15) is 15.0 Å². The van der Waals surface area contributed by atoms with Crippen molar-refractivity contribution >= 4 is 5.97 Å². The quantitative estimate of drug-likeness (QED) is 0.885. The molecule has 3 rings (SSSR count). The van der Waals surface area contributed by atoms with Crippen LogP contribution in [0.25, 0.3) is 0 Å². The maximum absolute atomic E-state index is 11.5. The molecule has 0 aromatic heterocycles. The molecule has 4 heteroatoms. The zero-order valence-corrected chi connectivity index (χ0v) is 11.8. The molecule has 21 heavy (non-hydrogen) atoms. The van der Waals surface area contributed by atoms with Crippen molar-refractivity contribution in [2.45, 2.75) is 25.4 Å². The van der Waals surface area contributed by atoms with Crippen molar-refractivity contribution in [3.63, 3.8) is 0 Å². The third-order valence-electron chi connectivity index (χ3n) is 4.33. The van der Waals surface area contributed by atoms with Crippen molar-refractivity contribution in [2.24, 2.45) is 0 Å². The van der Waals surface area contributed by atoms with Gasteiger partial charge in [0.15, 0.2) is 0 Å². The van der Waals surface area contributed by atoms with E-state index in [0.717, 1.165) is 5.56 Å². The van der Waals surface area contributed by atoms with Gasteiger partial charge in [-0.2, -0.15) is 0 Å². The minimum Gasteiger partial charge on any atom is -0.507 e. The number of carbonyl (C=O) groups is 1. The summed E-state index contributed by atoms with van der Waals surface area (Å²) < 4.78 is 6.06. The zero-order valence-electron chi connectivity index (χ0n) is 11.8. The number of carboxylic acids is 1. The van der Waals surface area contributed by atoms with Gasteiger partial charge in [0.2, 0.25) is 0 Å². The van der Waals surface area contributed by atoms with Gasteiger partial charge in [-0.15, -0.1) is 0 Å². The largest absolute Gasteiger partial charge is 0.507 e. The third kappa shape index (κ3) is 1.87. The van der Waals surface area contributed by atoms with Crippen LogP contribution in [0.3, 0.4) is 0 Å². The van der Waals surface area contributed by atoms with Crippen LogP contribution >= 0.6 is 0 Å². The fraction of sp³-hybridized carbons (Fsp3) is 0.235. The van der Waals surface area contributed by atoms with Crippen LogP contribution in [-0.2, 0) is 5.60 Å². The lowest BCUT2D eigenvalue weighted by Gasteiger charge is -2.29. The molecular weight excluding hydrogens is 268 g/mol. The van der Waals surface area contributed by atoms with Gasteiger partial charge in [-0.1, -0.05) is 37.3 Å². The smallest absolute Gasteiger partial charge is 0.339 e. The molecule has 2 aromatic rings. The molecule has 0 saturated carbocycles. The number of hydrogen-bond acceptors (Lipinski definition) is 3. The van der Waals surface area contributed by atoms with Crippen molar-refractivity contribution in [2.75, 3.05) is 0 Å². The average Bonchev–Trinajstić information content (AvgIpc) is 2.73. The Kier molecular flexibility index (Phi) is 2.90. The second-order valence-electron chi connectivity index (χ2n) is 5.47. The second kappa shape index (κ2) is 4.52. The van der Waals surface area contributed by atoms with E-state index in [0.29, 0.717) is 11.3 Å². The van der Waals surface area contributed by atoms with Gasteiger partial charge in [-0.05, 0) is 24.6 Å². The number of phenols is 1. The summed E-state index contributed by atoms with van der Waals surface area (Å²) in [4.78, 5) is 11.5. The number of hydrogen-bond donors (Lipinski definition) is 2. The van der Waals surface area contributed by atoms with E-state index < -0.39 is 11.6 Å². The molecule has 4 nitrogen and oxygen atoms in total. The Labute approximate surface area is 122 Å². The Balaban J connectivity index is 2.18. The van der Waals surface area contributed by atoms with Gasteiger partial charge in [0.05, 0.1) is 0 Å². The Morgan fingerprint density at radius 1 is 1.19 bits per heavy atom. The number of benzene rings is 2. The van der Waals surface area contributed by atoms with Crippen molar-refractivity contribution in [1.82, 2.24) is 0 Å². The van der Waals surface area contributed by atoms with Crippen LogP contribution in [0, 0.1) is 0 Å². The summed E-state index contributed by atoms with van der Waals surface area (Å²) in [5.74, 6) is -1.04. The topological polar surface area (TPSA) is 66.8 Å². The molecule has 2 atom stereocenters. The van der Waals surface area contributed by atoms with Crippen LogP contribution in [0.1, 0.15) is 41.3 Å². The molecule has 0 aliphatic carbocycles. The highest BCUT2D eigenvalue weighted by Gasteiger charge is 2.46. The summed E-state index contributed by atoms with van der Waals surface area (Å²) in [5.41, 5.74) is 0.805. The fourth-order valence-corrected chi connectivity index (χ4v) is 3.00. The molecule has 0 radical (unpaired) electrons. The van der Waals surface area contributed by atoms with Crippen LogP contribution in [0.5, 0.6) is 11.5 Å². The average molecular weight is 284 g/mol. The third-order valence-corrected chi connectivity index (χ3v) is 4.33. The molecule has 0 amide bonds. The van der Waals surface area contributed by atoms with Gasteiger partial charge in [-0.3, -0.25) is 0 Å². The van der Waals surface area contributed by atoms with Crippen molar-refractivity contribution in [1.29, 1.82) is 0 Å². The SMILES string of the molecule is CC1c2c(ccc(O)c2C(=O)O)OC1(C)c1ccccc1. The molecule has 0 spiro atoms. The maximum Gasteiger partial charge on any atom is 0.339 e. The van der Waals surface area contributed by atoms with E-state index in [2.05, 4.69) is 0 Å². The van der Waals surface area contributed by atoms with Gasteiger partial charge >= 0.3 is 5.97 Å². The number of ether oxygens (including phenoxy) is 1. The molecule has 2 N–H and O–H groups in total. The first-order valence-electron chi connectivity index (χ1n) is 6.79. The van der Waals surface area contributed by atoms with E-state index in [4.69, 9.17) is 4.74 Å². The first kappa shape index (κ1) is 13.5. The van der Waals surface area contributed by atoms with Gasteiger partial charge in [0, 0.05) is 11.5 Å². The van der Waals surface area contributed by atoms with E-state index >= 15 is 0 Å². The Hall–Kier alpha value is -2.49. The molecule has 1 aliphatic rings. The molecule has 1 aliphatic heterocycles. The molecule has 0 saturated heterocycles. The summed E-state index contributed by atoms with van der Waals surface area (Å²) in [5, 5.41) is 19.2. The van der Waals surface area contributed by atoms with Gasteiger partial charge in [0.1, 0.15) is 22.7 Å². The predicted octanol–water partition coefficient (Wildman–Crippen LogP) is 3.50. The van der Waals surface area contributed by atoms with E-state index in [1.54, 1.807) is 6.07 Å². The summed E-state index contributed by atoms with van der Waals surface area (Å²) in [6.45, 7) is 3.86. The first-order valence-corrected chi connectivity index (χ1v) is 6.79. The normalized spacial score (nSPS) is 23.4. The molecule has 2 unspecified atom stereocenters. The summed E-state index contributed by atoms with van der Waals surface area (Å²) >= 11 is 0. The van der Waals surface area contributed by atoms with Gasteiger partial charge in [0.25, 0.3) is 0 Å². The molecular formula is C17H16O4. The maximum atomic E-state index is 11.5. The Morgan fingerprint density at radius 2 is 1.86 bits per heavy atom. The van der Waals surface area contributed by atoms with Crippen molar-refractivity contribution < 1.29 is 19.7 Å². The lowest BCUT2D eigenvalue weighted by atomic mass is 9.80.